The summed E-state index contributed by atoms with van der Waals surface area (Å²) in [5.74, 6) is 0.488. The number of halogens is 1. The Labute approximate surface area is 162 Å². The predicted octanol–water partition coefficient (Wildman–Crippen LogP) is 2.26. The minimum atomic E-state index is -2.83. The molecule has 0 amide bonds. The van der Waals surface area contributed by atoms with E-state index < -0.39 is 11.0 Å². The van der Waals surface area contributed by atoms with Gasteiger partial charge in [-0.25, -0.2) is 18.4 Å². The monoisotopic (exact) mass is 407 g/mol. The Morgan fingerprint density at radius 1 is 1.37 bits per heavy atom. The fraction of sp³-hybridized carbons (Fsp3) is 0.294. The lowest BCUT2D eigenvalue weighted by molar-refractivity contribution is 0.163. The van der Waals surface area contributed by atoms with Crippen LogP contribution in [0.2, 0.25) is 5.02 Å². The van der Waals surface area contributed by atoms with E-state index in [0.29, 0.717) is 23.2 Å². The van der Waals surface area contributed by atoms with Gasteiger partial charge in [0.05, 0.1) is 16.9 Å². The maximum atomic E-state index is 10.5. The van der Waals surface area contributed by atoms with Gasteiger partial charge in [-0.05, 0) is 12.5 Å². The molecular formula is C17H18ClN5O3S. The second kappa shape index (κ2) is 7.81. The van der Waals surface area contributed by atoms with E-state index in [1.807, 2.05) is 35.4 Å². The number of H-pyrrole nitrogens is 1. The van der Waals surface area contributed by atoms with Crippen molar-refractivity contribution in [3.63, 3.8) is 0 Å². The number of aromatic nitrogens is 3. The van der Waals surface area contributed by atoms with Gasteiger partial charge in [-0.15, -0.1) is 0 Å². The summed E-state index contributed by atoms with van der Waals surface area (Å²) in [4.78, 5) is 14.0. The van der Waals surface area contributed by atoms with Gasteiger partial charge in [0.2, 0.25) is 5.95 Å². The number of anilines is 1. The summed E-state index contributed by atoms with van der Waals surface area (Å²) in [7, 11) is -2.83. The Balaban J connectivity index is 1.52. The molecule has 3 aromatic rings. The van der Waals surface area contributed by atoms with E-state index in [1.54, 1.807) is 6.20 Å². The SMILES string of the molecule is O=[SH](=O)OCN1CCC(Nc2ncc(Cl)c(-c3c[nH]c4ccccc34)n2)C1. The average molecular weight is 408 g/mol. The number of rotatable bonds is 6. The molecule has 8 nitrogen and oxygen atoms in total. The first-order chi connectivity index (χ1) is 13.1. The lowest BCUT2D eigenvalue weighted by atomic mass is 10.1. The van der Waals surface area contributed by atoms with Crippen molar-refractivity contribution in [3.05, 3.63) is 41.7 Å². The van der Waals surface area contributed by atoms with Crippen LogP contribution in [0.4, 0.5) is 5.95 Å². The summed E-state index contributed by atoms with van der Waals surface area (Å²) >= 11 is 6.35. The second-order valence-electron chi connectivity index (χ2n) is 6.33. The fourth-order valence-electron chi connectivity index (χ4n) is 3.27. The molecule has 1 saturated heterocycles. The Bertz CT molecular complexity index is 1030. The molecular weight excluding hydrogens is 390 g/mol. The largest absolute Gasteiger partial charge is 0.360 e. The first-order valence-corrected chi connectivity index (χ1v) is 9.93. The third-order valence-electron chi connectivity index (χ3n) is 4.54. The molecule has 1 aromatic carbocycles. The first-order valence-electron chi connectivity index (χ1n) is 8.45. The number of hydrogen-bond acceptors (Lipinski definition) is 7. The van der Waals surface area contributed by atoms with E-state index >= 15 is 0 Å². The normalized spacial score (nSPS) is 17.8. The molecule has 3 heterocycles. The van der Waals surface area contributed by atoms with Crippen LogP contribution in [0.15, 0.2) is 36.7 Å². The molecule has 1 aliphatic rings. The van der Waals surface area contributed by atoms with Crippen LogP contribution in [0, 0.1) is 0 Å². The van der Waals surface area contributed by atoms with Crippen molar-refractivity contribution >= 4 is 39.4 Å². The van der Waals surface area contributed by atoms with E-state index in [0.717, 1.165) is 29.4 Å². The fourth-order valence-corrected chi connectivity index (χ4v) is 3.72. The molecule has 10 heteroatoms. The summed E-state index contributed by atoms with van der Waals surface area (Å²) in [6, 6.07) is 8.06. The molecule has 1 unspecified atom stereocenters. The highest BCUT2D eigenvalue weighted by Gasteiger charge is 2.23. The van der Waals surface area contributed by atoms with Crippen molar-refractivity contribution in [2.24, 2.45) is 0 Å². The van der Waals surface area contributed by atoms with Crippen molar-refractivity contribution in [2.45, 2.75) is 12.5 Å². The van der Waals surface area contributed by atoms with Crippen molar-refractivity contribution in [3.8, 4) is 11.3 Å². The van der Waals surface area contributed by atoms with E-state index in [2.05, 4.69) is 24.5 Å². The van der Waals surface area contributed by atoms with Gasteiger partial charge >= 0.3 is 0 Å². The number of thiol groups is 1. The Morgan fingerprint density at radius 3 is 3.07 bits per heavy atom. The van der Waals surface area contributed by atoms with Crippen molar-refractivity contribution in [2.75, 3.05) is 25.1 Å². The topological polar surface area (TPSA) is 100 Å². The molecule has 0 saturated carbocycles. The van der Waals surface area contributed by atoms with Gasteiger partial charge in [-0.3, -0.25) is 9.08 Å². The van der Waals surface area contributed by atoms with Crippen molar-refractivity contribution in [1.82, 2.24) is 19.9 Å². The highest BCUT2D eigenvalue weighted by atomic mass is 35.5. The highest BCUT2D eigenvalue weighted by Crippen LogP contribution is 2.32. The molecule has 0 bridgehead atoms. The van der Waals surface area contributed by atoms with Gasteiger partial charge in [0.25, 0.3) is 11.0 Å². The Kier molecular flexibility index (Phi) is 5.26. The molecule has 0 spiro atoms. The van der Waals surface area contributed by atoms with Crippen LogP contribution in [0.5, 0.6) is 0 Å². The highest BCUT2D eigenvalue weighted by molar-refractivity contribution is 7.67. The maximum Gasteiger partial charge on any atom is 0.258 e. The van der Waals surface area contributed by atoms with Gasteiger partial charge in [0.15, 0.2) is 0 Å². The van der Waals surface area contributed by atoms with Crippen molar-refractivity contribution in [1.29, 1.82) is 0 Å². The summed E-state index contributed by atoms with van der Waals surface area (Å²) in [6.07, 6.45) is 4.32. The van der Waals surface area contributed by atoms with E-state index in [1.165, 1.54) is 0 Å². The van der Waals surface area contributed by atoms with Crippen LogP contribution in [0.25, 0.3) is 22.2 Å². The second-order valence-corrected chi connectivity index (χ2v) is 7.44. The number of nitrogens with one attached hydrogen (secondary N) is 2. The number of para-hydroxylation sites is 1. The lowest BCUT2D eigenvalue weighted by Crippen LogP contribution is -2.28. The minimum Gasteiger partial charge on any atom is -0.360 e. The van der Waals surface area contributed by atoms with Gasteiger partial charge in [-0.1, -0.05) is 29.8 Å². The Morgan fingerprint density at radius 2 is 2.22 bits per heavy atom. The zero-order valence-electron chi connectivity index (χ0n) is 14.3. The molecule has 2 N–H and O–H groups in total. The number of likely N-dealkylation sites (tertiary alicyclic amines) is 1. The summed E-state index contributed by atoms with van der Waals surface area (Å²) in [6.45, 7) is 1.46. The molecule has 1 atom stereocenters. The number of nitrogens with zero attached hydrogens (tertiary/aromatic N) is 3. The van der Waals surface area contributed by atoms with Crippen LogP contribution < -0.4 is 5.32 Å². The zero-order valence-corrected chi connectivity index (χ0v) is 15.9. The Hall–Kier alpha value is -2.20. The summed E-state index contributed by atoms with van der Waals surface area (Å²) in [5, 5.41) is 4.82. The number of aromatic amines is 1. The van der Waals surface area contributed by atoms with Gasteiger partial charge in [0, 0.05) is 41.8 Å². The number of benzene rings is 1. The molecule has 0 radical (unpaired) electrons. The molecule has 1 fully saturated rings. The average Bonchev–Trinajstić information content (AvgIpc) is 3.28. The van der Waals surface area contributed by atoms with E-state index in [9.17, 15) is 8.42 Å². The van der Waals surface area contributed by atoms with Crippen LogP contribution >= 0.6 is 11.6 Å². The molecule has 27 heavy (non-hydrogen) atoms. The predicted molar refractivity (Wildman–Crippen MR) is 104 cm³/mol. The lowest BCUT2D eigenvalue weighted by Gasteiger charge is -2.15. The third-order valence-corrected chi connectivity index (χ3v) is 5.14. The van der Waals surface area contributed by atoms with Crippen LogP contribution in [-0.2, 0) is 15.2 Å². The first kappa shape index (κ1) is 18.2. The van der Waals surface area contributed by atoms with E-state index in [4.69, 9.17) is 11.6 Å². The third kappa shape index (κ3) is 4.06. The molecule has 0 aliphatic carbocycles. The standard InChI is InChI=1S/C17H18ClN5O3S/c18-14-8-20-17(21-11-5-6-23(9-11)10-26-27(24)25)22-16(14)13-7-19-15-4-2-1-3-12(13)15/h1-4,7-8,11,19,27H,5-6,9-10H2,(H,20,21,22). The van der Waals surface area contributed by atoms with Crippen LogP contribution in [-0.4, -0.2) is 54.1 Å². The molecule has 142 valence electrons. The zero-order chi connectivity index (χ0) is 18.8. The van der Waals surface area contributed by atoms with Gasteiger partial charge in [-0.2, -0.15) is 0 Å². The number of hydrogen-bond donors (Lipinski definition) is 3. The summed E-state index contributed by atoms with van der Waals surface area (Å²) < 4.78 is 25.7. The van der Waals surface area contributed by atoms with Crippen molar-refractivity contribution < 1.29 is 12.6 Å². The minimum absolute atomic E-state index is 0.0684. The molecule has 2 aromatic heterocycles. The quantitative estimate of drug-likeness (QED) is 0.539. The molecule has 4 rings (SSSR count). The van der Waals surface area contributed by atoms with Crippen LogP contribution in [0.1, 0.15) is 6.42 Å². The van der Waals surface area contributed by atoms with Gasteiger partial charge < -0.3 is 10.3 Å². The van der Waals surface area contributed by atoms with Gasteiger partial charge in [0.1, 0.15) is 6.73 Å². The number of fused-ring (bicyclic) bond motifs is 1. The van der Waals surface area contributed by atoms with Crippen LogP contribution in [0.3, 0.4) is 0 Å². The smallest absolute Gasteiger partial charge is 0.258 e. The molecule has 1 aliphatic heterocycles. The van der Waals surface area contributed by atoms with E-state index in [-0.39, 0.29) is 12.8 Å². The summed E-state index contributed by atoms with van der Waals surface area (Å²) in [5.41, 5.74) is 2.59. The maximum absolute atomic E-state index is 10.5.